The van der Waals surface area contributed by atoms with Crippen molar-refractivity contribution in [1.82, 2.24) is 9.78 Å². The number of carboxylic acid groups (broad SMARTS) is 1. The molecule has 0 saturated carbocycles. The molecule has 0 amide bonds. The molecule has 0 bridgehead atoms. The Balaban J connectivity index is 2.03. The highest BCUT2D eigenvalue weighted by molar-refractivity contribution is 9.11. The molecule has 0 aliphatic carbocycles. The maximum Gasteiger partial charge on any atom is 0.339 e. The van der Waals surface area contributed by atoms with E-state index in [0.717, 1.165) is 8.66 Å². The second-order valence-corrected chi connectivity index (χ2v) is 9.53. The average Bonchev–Trinajstić information content (AvgIpc) is 3.06. The number of carbonyl (C=O) groups is 1. The topological polar surface area (TPSA) is 89.3 Å². The predicted octanol–water partition coefficient (Wildman–Crippen LogP) is 2.43. The summed E-state index contributed by atoms with van der Waals surface area (Å²) >= 11 is 4.72. The molecule has 1 unspecified atom stereocenters. The Labute approximate surface area is 133 Å². The molecule has 1 aliphatic heterocycles. The molecule has 9 heteroatoms. The molecule has 3 heterocycles. The van der Waals surface area contributed by atoms with Crippen molar-refractivity contribution in [2.45, 2.75) is 12.5 Å². The van der Waals surface area contributed by atoms with Crippen LogP contribution in [0.5, 0.6) is 0 Å². The van der Waals surface area contributed by atoms with E-state index in [0.29, 0.717) is 12.1 Å². The molecule has 1 atom stereocenters. The number of halogens is 1. The van der Waals surface area contributed by atoms with Crippen molar-refractivity contribution in [3.63, 3.8) is 0 Å². The van der Waals surface area contributed by atoms with Crippen LogP contribution in [-0.4, -0.2) is 40.8 Å². The van der Waals surface area contributed by atoms with Crippen LogP contribution in [0.15, 0.2) is 22.1 Å². The largest absolute Gasteiger partial charge is 0.478 e. The van der Waals surface area contributed by atoms with E-state index in [-0.39, 0.29) is 23.1 Å². The van der Waals surface area contributed by atoms with Gasteiger partial charge in [0.2, 0.25) is 0 Å². The number of hydrogen-bond acceptors (Lipinski definition) is 5. The van der Waals surface area contributed by atoms with Crippen LogP contribution in [0.25, 0.3) is 10.6 Å². The summed E-state index contributed by atoms with van der Waals surface area (Å²) in [5.41, 5.74) is 0.469. The molecule has 0 radical (unpaired) electrons. The van der Waals surface area contributed by atoms with E-state index in [1.807, 2.05) is 6.07 Å². The van der Waals surface area contributed by atoms with Crippen LogP contribution in [0.2, 0.25) is 0 Å². The van der Waals surface area contributed by atoms with E-state index in [2.05, 4.69) is 21.0 Å². The molecule has 1 N–H and O–H groups in total. The molecule has 0 aromatic carbocycles. The van der Waals surface area contributed by atoms with Gasteiger partial charge in [-0.3, -0.25) is 4.68 Å². The number of thiophene rings is 1. The van der Waals surface area contributed by atoms with E-state index in [1.54, 1.807) is 6.07 Å². The summed E-state index contributed by atoms with van der Waals surface area (Å²) in [4.78, 5) is 12.1. The first-order valence-electron chi connectivity index (χ1n) is 6.14. The Morgan fingerprint density at radius 3 is 2.76 bits per heavy atom. The monoisotopic (exact) mass is 390 g/mol. The lowest BCUT2D eigenvalue weighted by Crippen LogP contribution is -2.11. The first kappa shape index (κ1) is 14.7. The first-order chi connectivity index (χ1) is 9.85. The second kappa shape index (κ2) is 5.22. The van der Waals surface area contributed by atoms with Gasteiger partial charge in [0, 0.05) is 6.20 Å². The quantitative estimate of drug-likeness (QED) is 0.868. The molecule has 2 aromatic rings. The summed E-state index contributed by atoms with van der Waals surface area (Å²) in [5, 5.41) is 13.6. The highest BCUT2D eigenvalue weighted by Gasteiger charge is 2.31. The van der Waals surface area contributed by atoms with E-state index in [9.17, 15) is 18.3 Å². The maximum atomic E-state index is 11.6. The zero-order valence-corrected chi connectivity index (χ0v) is 13.9. The number of sulfone groups is 1. The van der Waals surface area contributed by atoms with Crippen molar-refractivity contribution in [2.24, 2.45) is 0 Å². The fourth-order valence-corrected chi connectivity index (χ4v) is 5.43. The summed E-state index contributed by atoms with van der Waals surface area (Å²) in [6, 6.07) is 3.33. The molecule has 112 valence electrons. The van der Waals surface area contributed by atoms with Crippen molar-refractivity contribution < 1.29 is 18.3 Å². The molecule has 1 saturated heterocycles. The van der Waals surface area contributed by atoms with Crippen LogP contribution in [-0.2, 0) is 9.84 Å². The summed E-state index contributed by atoms with van der Waals surface area (Å²) < 4.78 is 25.5. The van der Waals surface area contributed by atoms with Gasteiger partial charge in [0.05, 0.1) is 26.2 Å². The highest BCUT2D eigenvalue weighted by atomic mass is 79.9. The number of aromatic carboxylic acids is 1. The molecule has 6 nitrogen and oxygen atoms in total. The summed E-state index contributed by atoms with van der Waals surface area (Å²) in [6.07, 6.45) is 1.90. The molecule has 21 heavy (non-hydrogen) atoms. The first-order valence-corrected chi connectivity index (χ1v) is 9.57. The minimum absolute atomic E-state index is 0.0152. The Morgan fingerprint density at radius 1 is 1.48 bits per heavy atom. The molecule has 1 fully saturated rings. The predicted molar refractivity (Wildman–Crippen MR) is 82.5 cm³/mol. The van der Waals surface area contributed by atoms with E-state index >= 15 is 0 Å². The lowest BCUT2D eigenvalue weighted by Gasteiger charge is -2.07. The summed E-state index contributed by atoms with van der Waals surface area (Å²) in [5.74, 6) is -0.928. The lowest BCUT2D eigenvalue weighted by atomic mass is 10.2. The van der Waals surface area contributed by atoms with Crippen molar-refractivity contribution in [1.29, 1.82) is 0 Å². The Bertz CT molecular complexity index is 809. The molecular formula is C12H11BrN2O4S2. The third-order valence-electron chi connectivity index (χ3n) is 3.35. The van der Waals surface area contributed by atoms with E-state index < -0.39 is 15.8 Å². The van der Waals surface area contributed by atoms with Crippen LogP contribution in [0.4, 0.5) is 0 Å². The third-order valence-corrected chi connectivity index (χ3v) is 6.73. The van der Waals surface area contributed by atoms with Gasteiger partial charge < -0.3 is 5.11 Å². The normalized spacial score (nSPS) is 20.7. The fourth-order valence-electron chi connectivity index (χ4n) is 2.34. The Morgan fingerprint density at radius 2 is 2.24 bits per heavy atom. The zero-order chi connectivity index (χ0) is 15.2. The van der Waals surface area contributed by atoms with Gasteiger partial charge in [0.15, 0.2) is 9.84 Å². The Kier molecular flexibility index (Phi) is 3.66. The minimum Gasteiger partial charge on any atom is -0.478 e. The van der Waals surface area contributed by atoms with Crippen molar-refractivity contribution in [3.05, 3.63) is 27.7 Å². The Hall–Kier alpha value is -1.19. The second-order valence-electron chi connectivity index (χ2n) is 4.84. The van der Waals surface area contributed by atoms with Gasteiger partial charge in [-0.1, -0.05) is 0 Å². The van der Waals surface area contributed by atoms with Gasteiger partial charge in [-0.25, -0.2) is 13.2 Å². The van der Waals surface area contributed by atoms with Gasteiger partial charge in [-0.15, -0.1) is 11.3 Å². The fraction of sp³-hybridized carbons (Fsp3) is 0.333. The summed E-state index contributed by atoms with van der Waals surface area (Å²) in [7, 11) is -3.04. The smallest absolute Gasteiger partial charge is 0.339 e. The number of nitrogens with zero attached hydrogens (tertiary/aromatic N) is 2. The standard InChI is InChI=1S/C12H11BrN2O4S2/c13-10-2-1-9(20-10)11-8(12(16)17)5-15(14-11)7-3-4-21(18,19)6-7/h1-2,5,7H,3-4,6H2,(H,16,17). The molecular weight excluding hydrogens is 380 g/mol. The van der Waals surface area contributed by atoms with Crippen molar-refractivity contribution >= 4 is 43.1 Å². The van der Waals surface area contributed by atoms with E-state index in [1.165, 1.54) is 22.2 Å². The van der Waals surface area contributed by atoms with Crippen LogP contribution >= 0.6 is 27.3 Å². The zero-order valence-electron chi connectivity index (χ0n) is 10.7. The molecule has 1 aliphatic rings. The number of rotatable bonds is 3. The van der Waals surface area contributed by atoms with Crippen LogP contribution < -0.4 is 0 Å². The van der Waals surface area contributed by atoms with Crippen LogP contribution in [0.1, 0.15) is 22.8 Å². The molecule has 3 rings (SSSR count). The average molecular weight is 391 g/mol. The number of carboxylic acids is 1. The van der Waals surface area contributed by atoms with Gasteiger partial charge in [0.1, 0.15) is 11.3 Å². The molecule has 2 aromatic heterocycles. The third kappa shape index (κ3) is 2.90. The van der Waals surface area contributed by atoms with Crippen molar-refractivity contribution in [2.75, 3.05) is 11.5 Å². The van der Waals surface area contributed by atoms with Gasteiger partial charge in [0.25, 0.3) is 0 Å². The lowest BCUT2D eigenvalue weighted by molar-refractivity contribution is 0.0697. The highest BCUT2D eigenvalue weighted by Crippen LogP contribution is 2.34. The maximum absolute atomic E-state index is 11.6. The number of hydrogen-bond donors (Lipinski definition) is 1. The molecule has 0 spiro atoms. The van der Waals surface area contributed by atoms with Gasteiger partial charge in [-0.2, -0.15) is 5.10 Å². The minimum atomic E-state index is -3.04. The van der Waals surface area contributed by atoms with Crippen molar-refractivity contribution in [3.8, 4) is 10.6 Å². The van der Waals surface area contributed by atoms with Crippen LogP contribution in [0.3, 0.4) is 0 Å². The number of aromatic nitrogens is 2. The van der Waals surface area contributed by atoms with E-state index in [4.69, 9.17) is 0 Å². The summed E-state index contributed by atoms with van der Waals surface area (Å²) in [6.45, 7) is 0. The van der Waals surface area contributed by atoms with Gasteiger partial charge in [-0.05, 0) is 34.5 Å². The van der Waals surface area contributed by atoms with Gasteiger partial charge >= 0.3 is 5.97 Å². The SMILES string of the molecule is O=C(O)c1cn(C2CCS(=O)(=O)C2)nc1-c1ccc(Br)s1. The van der Waals surface area contributed by atoms with Crippen LogP contribution in [0, 0.1) is 0 Å².